The van der Waals surface area contributed by atoms with Crippen LogP contribution >= 0.6 is 11.3 Å². The van der Waals surface area contributed by atoms with Gasteiger partial charge in [0.2, 0.25) is 0 Å². The largest absolute Gasteiger partial charge is 0.497 e. The molecule has 0 spiro atoms. The van der Waals surface area contributed by atoms with Crippen LogP contribution in [0, 0.1) is 0 Å². The van der Waals surface area contributed by atoms with E-state index in [1.165, 1.54) is 4.88 Å². The Balaban J connectivity index is 1.91. The van der Waals surface area contributed by atoms with Crippen molar-refractivity contribution >= 4 is 34.8 Å². The second-order valence-corrected chi connectivity index (χ2v) is 7.97. The number of fused-ring (bicyclic) bond motifs is 1. The van der Waals surface area contributed by atoms with Gasteiger partial charge >= 0.3 is 7.12 Å². The Kier molecular flexibility index (Phi) is 3.24. The van der Waals surface area contributed by atoms with Gasteiger partial charge in [-0.3, -0.25) is 0 Å². The predicted octanol–water partition coefficient (Wildman–Crippen LogP) is 4.20. The highest BCUT2D eigenvalue weighted by Crippen LogP contribution is 2.38. The van der Waals surface area contributed by atoms with E-state index in [2.05, 4.69) is 68.4 Å². The van der Waals surface area contributed by atoms with Crippen LogP contribution in [0.5, 0.6) is 0 Å². The maximum atomic E-state index is 6.32. The van der Waals surface area contributed by atoms with Crippen LogP contribution in [0.2, 0.25) is 0 Å². The van der Waals surface area contributed by atoms with Crippen LogP contribution in [0.3, 0.4) is 0 Å². The second kappa shape index (κ2) is 4.97. The van der Waals surface area contributed by atoms with Gasteiger partial charge in [0.1, 0.15) is 0 Å². The molecule has 0 amide bonds. The van der Waals surface area contributed by atoms with Gasteiger partial charge in [0.05, 0.1) is 21.8 Å². The molecule has 0 saturated carbocycles. The first kappa shape index (κ1) is 15.0. The fourth-order valence-corrected chi connectivity index (χ4v) is 3.72. The second-order valence-electron chi connectivity index (χ2n) is 7.02. The van der Waals surface area contributed by atoms with Crippen molar-refractivity contribution < 1.29 is 9.31 Å². The molecule has 0 unspecified atom stereocenters. The first-order valence-electron chi connectivity index (χ1n) is 7.89. The molecule has 1 aliphatic heterocycles. The number of aromatic nitrogens is 1. The van der Waals surface area contributed by atoms with Gasteiger partial charge in [-0.25, -0.2) is 0 Å². The number of hydrogen-bond acceptors (Lipinski definition) is 3. The van der Waals surface area contributed by atoms with Gasteiger partial charge in [0, 0.05) is 11.0 Å². The molecule has 3 nitrogen and oxygen atoms in total. The SMILES string of the molecule is CC1(C)OB(c2c(-c3cccs3)[nH]c3ccccc23)OC1(C)C. The van der Waals surface area contributed by atoms with Gasteiger partial charge in [0.25, 0.3) is 0 Å². The minimum absolute atomic E-state index is 0.344. The first-order valence-corrected chi connectivity index (χ1v) is 8.77. The van der Waals surface area contributed by atoms with Crippen molar-refractivity contribution in [3.63, 3.8) is 0 Å². The molecule has 1 saturated heterocycles. The van der Waals surface area contributed by atoms with Crippen molar-refractivity contribution in [2.24, 2.45) is 0 Å². The van der Waals surface area contributed by atoms with Crippen LogP contribution in [-0.2, 0) is 9.31 Å². The van der Waals surface area contributed by atoms with Gasteiger partial charge in [0.15, 0.2) is 0 Å². The summed E-state index contributed by atoms with van der Waals surface area (Å²) in [6.07, 6.45) is 0. The van der Waals surface area contributed by atoms with Crippen molar-refractivity contribution in [1.82, 2.24) is 4.98 Å². The molecular formula is C18H20BNO2S. The number of rotatable bonds is 2. The smallest absolute Gasteiger partial charge is 0.399 e. The average Bonchev–Trinajstić information content (AvgIpc) is 3.16. The molecule has 2 aromatic heterocycles. The standard InChI is InChI=1S/C18H20BNO2S/c1-17(2)18(3,4)22-19(21-17)15-12-8-5-6-9-13(12)20-16(15)14-10-7-11-23-14/h5-11,20H,1-4H3. The van der Waals surface area contributed by atoms with E-state index in [1.54, 1.807) is 11.3 Å². The number of H-pyrrole nitrogens is 1. The Morgan fingerprint density at radius 2 is 1.65 bits per heavy atom. The minimum atomic E-state index is -0.367. The van der Waals surface area contributed by atoms with E-state index in [1.807, 2.05) is 6.07 Å². The van der Waals surface area contributed by atoms with Crippen molar-refractivity contribution in [2.45, 2.75) is 38.9 Å². The van der Waals surface area contributed by atoms with E-state index in [4.69, 9.17) is 9.31 Å². The van der Waals surface area contributed by atoms with Crippen molar-refractivity contribution in [2.75, 3.05) is 0 Å². The molecule has 1 N–H and O–H groups in total. The lowest BCUT2D eigenvalue weighted by Crippen LogP contribution is -2.41. The molecule has 0 atom stereocenters. The fourth-order valence-electron chi connectivity index (χ4n) is 2.98. The van der Waals surface area contributed by atoms with Crippen LogP contribution in [0.15, 0.2) is 41.8 Å². The molecule has 0 bridgehead atoms. The van der Waals surface area contributed by atoms with E-state index < -0.39 is 0 Å². The number of nitrogens with one attached hydrogen (secondary N) is 1. The molecule has 0 radical (unpaired) electrons. The summed E-state index contributed by atoms with van der Waals surface area (Å²) >= 11 is 1.72. The van der Waals surface area contributed by atoms with Crippen molar-refractivity contribution in [3.8, 4) is 10.6 Å². The monoisotopic (exact) mass is 325 g/mol. The maximum absolute atomic E-state index is 6.32. The predicted molar refractivity (Wildman–Crippen MR) is 97.3 cm³/mol. The molecular weight excluding hydrogens is 305 g/mol. The molecule has 118 valence electrons. The quantitative estimate of drug-likeness (QED) is 0.717. The van der Waals surface area contributed by atoms with Gasteiger partial charge in [-0.15, -0.1) is 11.3 Å². The zero-order chi connectivity index (χ0) is 16.2. The Hall–Kier alpha value is -1.56. The van der Waals surface area contributed by atoms with E-state index in [0.717, 1.165) is 22.1 Å². The molecule has 1 aromatic carbocycles. The molecule has 3 heterocycles. The van der Waals surface area contributed by atoms with Crippen LogP contribution in [0.1, 0.15) is 27.7 Å². The van der Waals surface area contributed by atoms with E-state index in [0.29, 0.717) is 0 Å². The lowest BCUT2D eigenvalue weighted by Gasteiger charge is -2.32. The number of para-hydroxylation sites is 1. The highest BCUT2D eigenvalue weighted by Gasteiger charge is 2.53. The van der Waals surface area contributed by atoms with Crippen LogP contribution in [0.4, 0.5) is 0 Å². The summed E-state index contributed by atoms with van der Waals surface area (Å²) in [5, 5.41) is 3.25. The third kappa shape index (κ3) is 2.26. The maximum Gasteiger partial charge on any atom is 0.497 e. The molecule has 5 heteroatoms. The molecule has 0 aliphatic carbocycles. The Labute approximate surface area is 140 Å². The Morgan fingerprint density at radius 1 is 0.957 bits per heavy atom. The first-order chi connectivity index (χ1) is 10.9. The molecule has 4 rings (SSSR count). The topological polar surface area (TPSA) is 34.2 Å². The summed E-state index contributed by atoms with van der Waals surface area (Å²) in [7, 11) is -0.367. The van der Waals surface area contributed by atoms with E-state index in [9.17, 15) is 0 Å². The average molecular weight is 325 g/mol. The van der Waals surface area contributed by atoms with E-state index >= 15 is 0 Å². The van der Waals surface area contributed by atoms with Gasteiger partial charge in [-0.2, -0.15) is 0 Å². The zero-order valence-corrected chi connectivity index (χ0v) is 14.7. The normalized spacial score (nSPS) is 19.6. The Bertz CT molecular complexity index is 835. The van der Waals surface area contributed by atoms with E-state index in [-0.39, 0.29) is 18.3 Å². The zero-order valence-electron chi connectivity index (χ0n) is 13.8. The number of aromatic amines is 1. The number of hydrogen-bond donors (Lipinski definition) is 1. The summed E-state index contributed by atoms with van der Waals surface area (Å²) in [5.41, 5.74) is 2.62. The van der Waals surface area contributed by atoms with Gasteiger partial charge in [-0.05, 0) is 50.6 Å². The van der Waals surface area contributed by atoms with Crippen molar-refractivity contribution in [3.05, 3.63) is 41.8 Å². The summed E-state index contributed by atoms with van der Waals surface area (Å²) in [5.74, 6) is 0. The Morgan fingerprint density at radius 3 is 2.30 bits per heavy atom. The third-order valence-corrected chi connectivity index (χ3v) is 5.89. The van der Waals surface area contributed by atoms with Crippen molar-refractivity contribution in [1.29, 1.82) is 0 Å². The van der Waals surface area contributed by atoms with Crippen LogP contribution < -0.4 is 5.46 Å². The minimum Gasteiger partial charge on any atom is -0.399 e. The lowest BCUT2D eigenvalue weighted by molar-refractivity contribution is 0.00578. The summed E-state index contributed by atoms with van der Waals surface area (Å²) in [6.45, 7) is 8.36. The lowest BCUT2D eigenvalue weighted by atomic mass is 9.76. The fraction of sp³-hybridized carbons (Fsp3) is 0.333. The highest BCUT2D eigenvalue weighted by atomic mass is 32.1. The number of thiophene rings is 1. The molecule has 23 heavy (non-hydrogen) atoms. The summed E-state index contributed by atoms with van der Waals surface area (Å²) in [6, 6.07) is 12.5. The molecule has 1 fully saturated rings. The third-order valence-electron chi connectivity index (χ3n) is 5.00. The highest BCUT2D eigenvalue weighted by molar-refractivity contribution is 7.13. The summed E-state index contributed by atoms with van der Waals surface area (Å²) in [4.78, 5) is 4.75. The molecule has 3 aromatic rings. The summed E-state index contributed by atoms with van der Waals surface area (Å²) < 4.78 is 12.6. The van der Waals surface area contributed by atoms with Crippen LogP contribution in [-0.4, -0.2) is 23.3 Å². The van der Waals surface area contributed by atoms with Gasteiger partial charge < -0.3 is 14.3 Å². The van der Waals surface area contributed by atoms with Gasteiger partial charge in [-0.1, -0.05) is 24.3 Å². The van der Waals surface area contributed by atoms with Crippen LogP contribution in [0.25, 0.3) is 21.5 Å². The number of benzene rings is 1. The molecule has 1 aliphatic rings.